The van der Waals surface area contributed by atoms with Gasteiger partial charge in [0.05, 0.1) is 5.52 Å². The molecule has 18 heavy (non-hydrogen) atoms. The molecule has 0 spiro atoms. The molecule has 0 saturated heterocycles. The summed E-state index contributed by atoms with van der Waals surface area (Å²) in [6.07, 6.45) is 4.03. The Bertz CT molecular complexity index is 692. The van der Waals surface area contributed by atoms with Gasteiger partial charge in [-0.3, -0.25) is 4.98 Å². The highest BCUT2D eigenvalue weighted by Crippen LogP contribution is 2.19. The number of benzene rings is 1. The molecule has 2 aromatic heterocycles. The second kappa shape index (κ2) is 4.70. The Hall–Kier alpha value is -2.00. The quantitative estimate of drug-likeness (QED) is 0.660. The average molecular weight is 256 g/mol. The summed E-state index contributed by atoms with van der Waals surface area (Å²) in [5, 5.41) is 1.62. The van der Waals surface area contributed by atoms with Crippen LogP contribution in [0.5, 0.6) is 0 Å². The molecule has 4 heteroatoms. The van der Waals surface area contributed by atoms with Gasteiger partial charge in [-0.05, 0) is 23.8 Å². The molecule has 2 heterocycles. The molecule has 0 N–H and O–H groups in total. The van der Waals surface area contributed by atoms with Crippen LogP contribution in [0.1, 0.15) is 11.3 Å². The van der Waals surface area contributed by atoms with Crippen molar-refractivity contribution in [3.63, 3.8) is 0 Å². The molecule has 3 rings (SSSR count). The largest absolute Gasteiger partial charge is 0.256 e. The van der Waals surface area contributed by atoms with Gasteiger partial charge in [-0.25, -0.2) is 9.97 Å². The van der Waals surface area contributed by atoms with E-state index >= 15 is 0 Å². The summed E-state index contributed by atoms with van der Waals surface area (Å²) < 4.78 is 0. The van der Waals surface area contributed by atoms with Crippen molar-refractivity contribution in [2.24, 2.45) is 0 Å². The third-order valence-corrected chi connectivity index (χ3v) is 3.01. The minimum Gasteiger partial charge on any atom is -0.256 e. The molecule has 3 aromatic rings. The highest BCUT2D eigenvalue weighted by Gasteiger charge is 2.04. The third kappa shape index (κ3) is 2.17. The van der Waals surface area contributed by atoms with E-state index in [0.717, 1.165) is 23.0 Å². The molecular weight excluding hydrogens is 246 g/mol. The second-order valence-electron chi connectivity index (χ2n) is 4.00. The number of aromatic nitrogens is 3. The zero-order chi connectivity index (χ0) is 12.4. The standard InChI is InChI=1S/C14H10ClN3/c15-14-8-11(17-9-18-14)7-10-5-6-16-13-4-2-1-3-12(10)13/h1-6,8-9H,7H2. The maximum atomic E-state index is 5.87. The number of hydrogen-bond acceptors (Lipinski definition) is 3. The van der Waals surface area contributed by atoms with Crippen LogP contribution in [-0.4, -0.2) is 15.0 Å². The number of nitrogens with zero attached hydrogens (tertiary/aromatic N) is 3. The lowest BCUT2D eigenvalue weighted by Gasteiger charge is -2.05. The van der Waals surface area contributed by atoms with E-state index in [1.165, 1.54) is 11.9 Å². The van der Waals surface area contributed by atoms with E-state index in [0.29, 0.717) is 5.15 Å². The number of halogens is 1. The van der Waals surface area contributed by atoms with Crippen molar-refractivity contribution >= 4 is 22.5 Å². The molecule has 0 aliphatic rings. The van der Waals surface area contributed by atoms with Crippen molar-refractivity contribution < 1.29 is 0 Å². The molecule has 0 aliphatic carbocycles. The van der Waals surface area contributed by atoms with E-state index in [1.807, 2.05) is 30.5 Å². The average Bonchev–Trinajstić information content (AvgIpc) is 2.39. The highest BCUT2D eigenvalue weighted by molar-refractivity contribution is 6.29. The Morgan fingerprint density at radius 1 is 1.00 bits per heavy atom. The number of hydrogen-bond donors (Lipinski definition) is 0. The molecule has 1 aromatic carbocycles. The van der Waals surface area contributed by atoms with Crippen LogP contribution in [0.15, 0.2) is 48.9 Å². The van der Waals surface area contributed by atoms with E-state index in [-0.39, 0.29) is 0 Å². The highest BCUT2D eigenvalue weighted by atomic mass is 35.5. The van der Waals surface area contributed by atoms with Gasteiger partial charge >= 0.3 is 0 Å². The first-order chi connectivity index (χ1) is 8.83. The van der Waals surface area contributed by atoms with Crippen molar-refractivity contribution in [3.05, 3.63) is 65.3 Å². The Morgan fingerprint density at radius 2 is 1.89 bits per heavy atom. The molecule has 0 aliphatic heterocycles. The number of rotatable bonds is 2. The lowest BCUT2D eigenvalue weighted by Crippen LogP contribution is -1.95. The summed E-state index contributed by atoms with van der Waals surface area (Å²) in [6, 6.07) is 11.9. The second-order valence-corrected chi connectivity index (χ2v) is 4.38. The first-order valence-electron chi connectivity index (χ1n) is 5.62. The lowest BCUT2D eigenvalue weighted by molar-refractivity contribution is 1.03. The van der Waals surface area contributed by atoms with Crippen molar-refractivity contribution in [1.29, 1.82) is 0 Å². The fourth-order valence-corrected chi connectivity index (χ4v) is 2.14. The van der Waals surface area contributed by atoms with Crippen LogP contribution in [0, 0.1) is 0 Å². The van der Waals surface area contributed by atoms with Gasteiger partial charge in [-0.1, -0.05) is 29.8 Å². The van der Waals surface area contributed by atoms with Gasteiger partial charge in [-0.15, -0.1) is 0 Å². The Kier molecular flexibility index (Phi) is 2.90. The van der Waals surface area contributed by atoms with E-state index in [2.05, 4.69) is 21.0 Å². The van der Waals surface area contributed by atoms with Gasteiger partial charge in [0.1, 0.15) is 11.5 Å². The summed E-state index contributed by atoms with van der Waals surface area (Å²) in [6.45, 7) is 0. The summed E-state index contributed by atoms with van der Waals surface area (Å²) >= 11 is 5.87. The van der Waals surface area contributed by atoms with Crippen LogP contribution in [0.4, 0.5) is 0 Å². The van der Waals surface area contributed by atoms with Gasteiger partial charge in [-0.2, -0.15) is 0 Å². The normalized spacial score (nSPS) is 10.7. The van der Waals surface area contributed by atoms with Crippen LogP contribution in [0.3, 0.4) is 0 Å². The van der Waals surface area contributed by atoms with Crippen LogP contribution in [-0.2, 0) is 6.42 Å². The maximum absolute atomic E-state index is 5.87. The van der Waals surface area contributed by atoms with Crippen molar-refractivity contribution in [2.45, 2.75) is 6.42 Å². The van der Waals surface area contributed by atoms with Gasteiger partial charge in [0.15, 0.2) is 0 Å². The topological polar surface area (TPSA) is 38.7 Å². The first kappa shape index (κ1) is 11.1. The van der Waals surface area contributed by atoms with E-state index in [1.54, 1.807) is 6.07 Å². The van der Waals surface area contributed by atoms with Crippen molar-refractivity contribution in [1.82, 2.24) is 15.0 Å². The van der Waals surface area contributed by atoms with Crippen LogP contribution in [0.25, 0.3) is 10.9 Å². The van der Waals surface area contributed by atoms with Gasteiger partial charge < -0.3 is 0 Å². The van der Waals surface area contributed by atoms with Gasteiger partial charge in [0.25, 0.3) is 0 Å². The van der Waals surface area contributed by atoms with E-state index in [9.17, 15) is 0 Å². The van der Waals surface area contributed by atoms with Crippen molar-refractivity contribution in [3.8, 4) is 0 Å². The molecule has 0 fully saturated rings. The van der Waals surface area contributed by atoms with Crippen LogP contribution >= 0.6 is 11.6 Å². The van der Waals surface area contributed by atoms with Crippen molar-refractivity contribution in [2.75, 3.05) is 0 Å². The smallest absolute Gasteiger partial charge is 0.132 e. The fraction of sp³-hybridized carbons (Fsp3) is 0.0714. The molecule has 0 unspecified atom stereocenters. The van der Waals surface area contributed by atoms with Gasteiger partial charge in [0, 0.05) is 23.7 Å². The number of para-hydroxylation sites is 1. The minimum absolute atomic E-state index is 0.471. The molecular formula is C14H10ClN3. The molecule has 3 nitrogen and oxygen atoms in total. The zero-order valence-corrected chi connectivity index (χ0v) is 10.3. The van der Waals surface area contributed by atoms with Gasteiger partial charge in [0.2, 0.25) is 0 Å². The molecule has 0 amide bonds. The summed E-state index contributed by atoms with van der Waals surface area (Å²) in [5.74, 6) is 0. The first-order valence-corrected chi connectivity index (χ1v) is 6.00. The lowest BCUT2D eigenvalue weighted by atomic mass is 10.0. The molecule has 0 atom stereocenters. The fourth-order valence-electron chi connectivity index (χ4n) is 1.97. The minimum atomic E-state index is 0.471. The number of fused-ring (bicyclic) bond motifs is 1. The predicted octanol–water partition coefficient (Wildman–Crippen LogP) is 3.27. The molecule has 0 radical (unpaired) electrons. The van der Waals surface area contributed by atoms with E-state index in [4.69, 9.17) is 11.6 Å². The monoisotopic (exact) mass is 255 g/mol. The van der Waals surface area contributed by atoms with Crippen LogP contribution < -0.4 is 0 Å². The van der Waals surface area contributed by atoms with Crippen LogP contribution in [0.2, 0.25) is 5.15 Å². The predicted molar refractivity (Wildman–Crippen MR) is 71.6 cm³/mol. The Labute approximate surface area is 109 Å². The maximum Gasteiger partial charge on any atom is 0.132 e. The summed E-state index contributed by atoms with van der Waals surface area (Å²) in [5.41, 5.74) is 3.09. The summed E-state index contributed by atoms with van der Waals surface area (Å²) in [4.78, 5) is 12.5. The Balaban J connectivity index is 2.05. The summed E-state index contributed by atoms with van der Waals surface area (Å²) in [7, 11) is 0. The SMILES string of the molecule is Clc1cc(Cc2ccnc3ccccc23)ncn1. The molecule has 0 bridgehead atoms. The van der Waals surface area contributed by atoms with E-state index < -0.39 is 0 Å². The Morgan fingerprint density at radius 3 is 2.78 bits per heavy atom. The zero-order valence-electron chi connectivity index (χ0n) is 9.55. The molecule has 88 valence electrons. The molecule has 0 saturated carbocycles. The number of pyridine rings is 1. The third-order valence-electron chi connectivity index (χ3n) is 2.80.